The van der Waals surface area contributed by atoms with E-state index >= 15 is 0 Å². The van der Waals surface area contributed by atoms with Crippen molar-refractivity contribution < 1.29 is 14.7 Å². The molecular weight excluding hydrogens is 230 g/mol. The Balaban J connectivity index is 2.59. The number of hydrogen-bond donors (Lipinski definition) is 2. The van der Waals surface area contributed by atoms with Crippen LogP contribution in [0, 0.1) is 5.41 Å². The molecule has 0 unspecified atom stereocenters. The first-order valence-corrected chi connectivity index (χ1v) is 5.97. The van der Waals surface area contributed by atoms with Crippen LogP contribution in [-0.2, 0) is 11.3 Å². The normalized spacial score (nSPS) is 11.1. The Kier molecular flexibility index (Phi) is 4.48. The van der Waals surface area contributed by atoms with Crippen molar-refractivity contribution in [1.29, 1.82) is 0 Å². The van der Waals surface area contributed by atoms with Crippen LogP contribution in [0.3, 0.4) is 0 Å². The molecule has 0 spiro atoms. The summed E-state index contributed by atoms with van der Waals surface area (Å²) in [4.78, 5) is 22.5. The van der Waals surface area contributed by atoms with Gasteiger partial charge in [-0.1, -0.05) is 32.9 Å². The Morgan fingerprint density at radius 2 is 1.78 bits per heavy atom. The Bertz CT molecular complexity index is 435. The maximum atomic E-state index is 11.8. The first-order chi connectivity index (χ1) is 8.36. The minimum atomic E-state index is -0.947. The van der Waals surface area contributed by atoms with Gasteiger partial charge >= 0.3 is 5.97 Å². The first-order valence-electron chi connectivity index (χ1n) is 5.97. The van der Waals surface area contributed by atoms with Gasteiger partial charge in [0.1, 0.15) is 0 Å². The van der Waals surface area contributed by atoms with Gasteiger partial charge in [0.25, 0.3) is 0 Å². The van der Waals surface area contributed by atoms with Gasteiger partial charge in [0.05, 0.1) is 5.56 Å². The minimum absolute atomic E-state index is 0.00677. The molecule has 0 heterocycles. The molecule has 1 aromatic rings. The molecule has 0 aromatic heterocycles. The van der Waals surface area contributed by atoms with Gasteiger partial charge in [-0.2, -0.15) is 0 Å². The topological polar surface area (TPSA) is 66.4 Å². The maximum Gasteiger partial charge on any atom is 0.335 e. The molecule has 18 heavy (non-hydrogen) atoms. The average Bonchev–Trinajstić information content (AvgIpc) is 2.36. The van der Waals surface area contributed by atoms with Gasteiger partial charge in [-0.05, 0) is 24.1 Å². The molecule has 0 radical (unpaired) electrons. The molecule has 0 atom stereocenters. The van der Waals surface area contributed by atoms with Crippen molar-refractivity contribution in [3.05, 3.63) is 35.4 Å². The number of hydrogen-bond acceptors (Lipinski definition) is 2. The van der Waals surface area contributed by atoms with Crippen molar-refractivity contribution in [2.75, 3.05) is 0 Å². The fourth-order valence-electron chi connectivity index (χ4n) is 1.35. The number of rotatable bonds is 5. The van der Waals surface area contributed by atoms with Crippen LogP contribution in [0.2, 0.25) is 0 Å². The van der Waals surface area contributed by atoms with E-state index in [1.54, 1.807) is 12.1 Å². The summed E-state index contributed by atoms with van der Waals surface area (Å²) in [6, 6.07) is 6.49. The molecule has 0 aliphatic rings. The highest BCUT2D eigenvalue weighted by molar-refractivity contribution is 5.87. The third-order valence-corrected chi connectivity index (χ3v) is 3.15. The van der Waals surface area contributed by atoms with Gasteiger partial charge in [-0.15, -0.1) is 0 Å². The Labute approximate surface area is 107 Å². The summed E-state index contributed by atoms with van der Waals surface area (Å²) in [5, 5.41) is 11.6. The van der Waals surface area contributed by atoms with Gasteiger partial charge in [-0.3, -0.25) is 4.79 Å². The molecule has 0 fully saturated rings. The van der Waals surface area contributed by atoms with Crippen LogP contribution in [0.5, 0.6) is 0 Å². The van der Waals surface area contributed by atoms with Crippen LogP contribution in [0.25, 0.3) is 0 Å². The number of benzene rings is 1. The number of amides is 1. The first kappa shape index (κ1) is 14.2. The van der Waals surface area contributed by atoms with E-state index in [2.05, 4.69) is 5.32 Å². The lowest BCUT2D eigenvalue weighted by molar-refractivity contribution is -0.129. The third-order valence-electron chi connectivity index (χ3n) is 3.15. The largest absolute Gasteiger partial charge is 0.478 e. The second-order valence-electron chi connectivity index (χ2n) is 4.92. The van der Waals surface area contributed by atoms with Gasteiger partial charge in [0.2, 0.25) is 5.91 Å². The summed E-state index contributed by atoms with van der Waals surface area (Å²) in [7, 11) is 0. The molecule has 4 heteroatoms. The van der Waals surface area contributed by atoms with E-state index in [1.807, 2.05) is 20.8 Å². The molecular formula is C14H19NO3. The van der Waals surface area contributed by atoms with Crippen LogP contribution in [0.1, 0.15) is 43.1 Å². The molecule has 1 rings (SSSR count). The summed E-state index contributed by atoms with van der Waals surface area (Å²) in [5.74, 6) is -0.940. The lowest BCUT2D eigenvalue weighted by atomic mass is 9.89. The summed E-state index contributed by atoms with van der Waals surface area (Å²) in [6.07, 6.45) is 0.775. The van der Waals surface area contributed by atoms with Crippen molar-refractivity contribution >= 4 is 11.9 Å². The summed E-state index contributed by atoms with van der Waals surface area (Å²) in [5.41, 5.74) is 0.764. The summed E-state index contributed by atoms with van der Waals surface area (Å²) in [6.45, 7) is 6.19. The van der Waals surface area contributed by atoms with Gasteiger partial charge in [0.15, 0.2) is 0 Å². The maximum absolute atomic E-state index is 11.8. The number of carbonyl (C=O) groups excluding carboxylic acids is 1. The van der Waals surface area contributed by atoms with E-state index < -0.39 is 5.97 Å². The predicted molar refractivity (Wildman–Crippen MR) is 69.3 cm³/mol. The van der Waals surface area contributed by atoms with Gasteiger partial charge < -0.3 is 10.4 Å². The van der Waals surface area contributed by atoms with E-state index in [9.17, 15) is 9.59 Å². The second kappa shape index (κ2) is 5.67. The zero-order chi connectivity index (χ0) is 13.8. The standard InChI is InChI=1S/C14H19NO3/c1-4-14(2,3)13(18)15-9-10-5-7-11(8-6-10)12(16)17/h5-8H,4,9H2,1-3H3,(H,15,18)(H,16,17). The SMILES string of the molecule is CCC(C)(C)C(=O)NCc1ccc(C(=O)O)cc1. The monoisotopic (exact) mass is 249 g/mol. The van der Waals surface area contributed by atoms with Crippen LogP contribution in [-0.4, -0.2) is 17.0 Å². The predicted octanol–water partition coefficient (Wildman–Crippen LogP) is 2.44. The number of carboxylic acid groups (broad SMARTS) is 1. The van der Waals surface area contributed by atoms with Crippen molar-refractivity contribution in [2.24, 2.45) is 5.41 Å². The average molecular weight is 249 g/mol. The Hall–Kier alpha value is -1.84. The van der Waals surface area contributed by atoms with E-state index in [0.29, 0.717) is 6.54 Å². The highest BCUT2D eigenvalue weighted by Gasteiger charge is 2.24. The number of carboxylic acids is 1. The molecule has 0 saturated carbocycles. The second-order valence-corrected chi connectivity index (χ2v) is 4.92. The van der Waals surface area contributed by atoms with E-state index in [0.717, 1.165) is 12.0 Å². The summed E-state index contributed by atoms with van der Waals surface area (Å²) < 4.78 is 0. The molecule has 0 aliphatic heterocycles. The van der Waals surface area contributed by atoms with Crippen LogP contribution >= 0.6 is 0 Å². The molecule has 98 valence electrons. The van der Waals surface area contributed by atoms with Crippen LogP contribution in [0.15, 0.2) is 24.3 Å². The summed E-state index contributed by atoms with van der Waals surface area (Å²) >= 11 is 0. The zero-order valence-corrected chi connectivity index (χ0v) is 11.0. The molecule has 0 bridgehead atoms. The van der Waals surface area contributed by atoms with E-state index in [-0.39, 0.29) is 16.9 Å². The third kappa shape index (κ3) is 3.58. The molecule has 2 N–H and O–H groups in total. The molecule has 0 aliphatic carbocycles. The van der Waals surface area contributed by atoms with Crippen molar-refractivity contribution in [1.82, 2.24) is 5.32 Å². The van der Waals surface area contributed by atoms with Crippen molar-refractivity contribution in [3.63, 3.8) is 0 Å². The molecule has 4 nitrogen and oxygen atoms in total. The highest BCUT2D eigenvalue weighted by atomic mass is 16.4. The number of nitrogens with one attached hydrogen (secondary N) is 1. The quantitative estimate of drug-likeness (QED) is 0.842. The molecule has 1 amide bonds. The number of aromatic carboxylic acids is 1. The van der Waals surface area contributed by atoms with Gasteiger partial charge in [0, 0.05) is 12.0 Å². The highest BCUT2D eigenvalue weighted by Crippen LogP contribution is 2.19. The van der Waals surface area contributed by atoms with Gasteiger partial charge in [-0.25, -0.2) is 4.79 Å². The van der Waals surface area contributed by atoms with Crippen molar-refractivity contribution in [2.45, 2.75) is 33.7 Å². The Morgan fingerprint density at radius 3 is 2.22 bits per heavy atom. The van der Waals surface area contributed by atoms with E-state index in [1.165, 1.54) is 12.1 Å². The fraction of sp³-hybridized carbons (Fsp3) is 0.429. The molecule has 0 saturated heterocycles. The lowest BCUT2D eigenvalue weighted by Crippen LogP contribution is -2.35. The Morgan fingerprint density at radius 1 is 1.22 bits per heavy atom. The van der Waals surface area contributed by atoms with Crippen LogP contribution in [0.4, 0.5) is 0 Å². The zero-order valence-electron chi connectivity index (χ0n) is 11.0. The smallest absolute Gasteiger partial charge is 0.335 e. The van der Waals surface area contributed by atoms with Crippen molar-refractivity contribution in [3.8, 4) is 0 Å². The van der Waals surface area contributed by atoms with Crippen LogP contribution < -0.4 is 5.32 Å². The van der Waals surface area contributed by atoms with E-state index in [4.69, 9.17) is 5.11 Å². The fourth-order valence-corrected chi connectivity index (χ4v) is 1.35. The minimum Gasteiger partial charge on any atom is -0.478 e. The lowest BCUT2D eigenvalue weighted by Gasteiger charge is -2.21. The molecule has 1 aromatic carbocycles. The number of carbonyl (C=O) groups is 2.